The first-order valence-corrected chi connectivity index (χ1v) is 11.9. The number of sulfonamides is 1. The van der Waals surface area contributed by atoms with Gasteiger partial charge in [0.05, 0.1) is 10.5 Å². The maximum atomic E-state index is 14.3. The Labute approximate surface area is 178 Å². The van der Waals surface area contributed by atoms with Gasteiger partial charge in [-0.1, -0.05) is 13.3 Å². The van der Waals surface area contributed by atoms with Crippen LogP contribution in [-0.2, 0) is 14.8 Å². The Morgan fingerprint density at radius 2 is 1.90 bits per heavy atom. The molecule has 30 heavy (non-hydrogen) atoms. The lowest BCUT2D eigenvalue weighted by Crippen LogP contribution is -2.44. The summed E-state index contributed by atoms with van der Waals surface area (Å²) < 4.78 is 41.5. The monoisotopic (exact) mass is 441 g/mol. The van der Waals surface area contributed by atoms with Crippen LogP contribution in [0.4, 0.5) is 4.39 Å². The second-order valence-corrected chi connectivity index (χ2v) is 9.81. The van der Waals surface area contributed by atoms with E-state index in [-0.39, 0.29) is 28.3 Å². The van der Waals surface area contributed by atoms with E-state index in [0.717, 1.165) is 31.0 Å². The largest absolute Gasteiger partial charge is 0.346 e. The highest BCUT2D eigenvalue weighted by Crippen LogP contribution is 2.23. The van der Waals surface area contributed by atoms with Crippen molar-refractivity contribution in [3.8, 4) is 0 Å². The minimum atomic E-state index is -3.84. The molecule has 0 spiro atoms. The Bertz CT molecular complexity index is 865. The van der Waals surface area contributed by atoms with E-state index in [1.807, 2.05) is 0 Å². The number of hydrogen-bond acceptors (Lipinski definition) is 4. The molecule has 1 fully saturated rings. The highest BCUT2D eigenvalue weighted by atomic mass is 32.2. The Kier molecular flexibility index (Phi) is 8.37. The lowest BCUT2D eigenvalue weighted by Gasteiger charge is -2.33. The van der Waals surface area contributed by atoms with Crippen molar-refractivity contribution in [2.75, 3.05) is 26.7 Å². The molecule has 0 radical (unpaired) electrons. The molecule has 1 heterocycles. The zero-order valence-electron chi connectivity index (χ0n) is 18.2. The number of nitrogens with one attached hydrogen (secondary N) is 1. The molecule has 168 valence electrons. The van der Waals surface area contributed by atoms with E-state index in [4.69, 9.17) is 0 Å². The molecule has 0 unspecified atom stereocenters. The highest BCUT2D eigenvalue weighted by molar-refractivity contribution is 7.89. The fourth-order valence-corrected chi connectivity index (χ4v) is 4.81. The van der Waals surface area contributed by atoms with Crippen molar-refractivity contribution in [1.82, 2.24) is 14.5 Å². The van der Waals surface area contributed by atoms with Crippen molar-refractivity contribution >= 4 is 21.8 Å². The topological polar surface area (TPSA) is 86.8 Å². The molecule has 0 atom stereocenters. The maximum absolute atomic E-state index is 14.3. The Hall–Kier alpha value is -2.00. The van der Waals surface area contributed by atoms with Gasteiger partial charge in [-0.15, -0.1) is 0 Å². The van der Waals surface area contributed by atoms with E-state index < -0.39 is 21.7 Å². The summed E-state index contributed by atoms with van der Waals surface area (Å²) >= 11 is 0. The van der Waals surface area contributed by atoms with Gasteiger partial charge in [0.15, 0.2) is 0 Å². The van der Waals surface area contributed by atoms with Gasteiger partial charge in [-0.3, -0.25) is 9.59 Å². The van der Waals surface area contributed by atoms with Crippen molar-refractivity contribution in [2.24, 2.45) is 5.92 Å². The van der Waals surface area contributed by atoms with Crippen LogP contribution >= 0.6 is 0 Å². The number of halogens is 1. The predicted octanol–water partition coefficient (Wildman–Crippen LogP) is 2.62. The first-order valence-electron chi connectivity index (χ1n) is 10.4. The number of likely N-dealkylation sites (tertiary alicyclic amines) is 1. The van der Waals surface area contributed by atoms with E-state index in [9.17, 15) is 22.4 Å². The molecule has 0 bridgehead atoms. The number of carbonyl (C=O) groups is 2. The quantitative estimate of drug-likeness (QED) is 0.672. The van der Waals surface area contributed by atoms with Gasteiger partial charge in [0.2, 0.25) is 15.9 Å². The summed E-state index contributed by atoms with van der Waals surface area (Å²) in [5, 5.41) is 0. The number of benzene rings is 1. The van der Waals surface area contributed by atoms with Crippen LogP contribution in [0.2, 0.25) is 0 Å². The van der Waals surface area contributed by atoms with Crippen LogP contribution in [0.5, 0.6) is 0 Å². The number of nitrogens with zero attached hydrogens (tertiary/aromatic N) is 2. The molecule has 0 saturated carbocycles. The molecule has 2 rings (SSSR count). The van der Waals surface area contributed by atoms with Crippen LogP contribution < -0.4 is 4.72 Å². The zero-order valence-corrected chi connectivity index (χ0v) is 19.0. The van der Waals surface area contributed by atoms with Crippen molar-refractivity contribution in [1.29, 1.82) is 0 Å². The van der Waals surface area contributed by atoms with Crippen LogP contribution in [0.25, 0.3) is 0 Å². The van der Waals surface area contributed by atoms with Crippen molar-refractivity contribution in [2.45, 2.75) is 57.4 Å². The van der Waals surface area contributed by atoms with Gasteiger partial charge < -0.3 is 9.80 Å². The summed E-state index contributed by atoms with van der Waals surface area (Å²) in [6.07, 6.45) is 2.98. The fourth-order valence-electron chi connectivity index (χ4n) is 3.53. The standard InChI is InChI=1S/C21H32FN3O4S/c1-5-6-11-24(4)20(26)16-9-12-25(13-10-16)21(27)18-14-17(7-8-19(18)22)30(28,29)23-15(2)3/h7-8,14-16,23H,5-6,9-13H2,1-4H3. The molecule has 1 N–H and O–H groups in total. The first kappa shape index (κ1) is 24.3. The second-order valence-electron chi connectivity index (χ2n) is 8.10. The Balaban J connectivity index is 2.08. The third-order valence-corrected chi connectivity index (χ3v) is 6.88. The number of rotatable bonds is 8. The number of carbonyl (C=O) groups excluding carboxylic acids is 2. The maximum Gasteiger partial charge on any atom is 0.256 e. The van der Waals surface area contributed by atoms with Crippen molar-refractivity contribution < 1.29 is 22.4 Å². The van der Waals surface area contributed by atoms with Crippen LogP contribution in [0.3, 0.4) is 0 Å². The third kappa shape index (κ3) is 6.01. The molecule has 1 aromatic rings. The minimum Gasteiger partial charge on any atom is -0.346 e. The van der Waals surface area contributed by atoms with E-state index in [0.29, 0.717) is 32.5 Å². The van der Waals surface area contributed by atoms with Crippen LogP contribution in [0.15, 0.2) is 23.1 Å². The Morgan fingerprint density at radius 3 is 2.47 bits per heavy atom. The molecular weight excluding hydrogens is 409 g/mol. The second kappa shape index (κ2) is 10.3. The summed E-state index contributed by atoms with van der Waals surface area (Å²) in [7, 11) is -2.04. The minimum absolute atomic E-state index is 0.0783. The smallest absolute Gasteiger partial charge is 0.256 e. The predicted molar refractivity (Wildman–Crippen MR) is 113 cm³/mol. The summed E-state index contributed by atoms with van der Waals surface area (Å²) in [4.78, 5) is 28.5. The molecule has 1 aliphatic rings. The van der Waals surface area contributed by atoms with E-state index >= 15 is 0 Å². The number of piperidine rings is 1. The van der Waals surface area contributed by atoms with Crippen LogP contribution in [-0.4, -0.2) is 62.8 Å². The fraction of sp³-hybridized carbons (Fsp3) is 0.619. The van der Waals surface area contributed by atoms with E-state index in [1.54, 1.807) is 25.8 Å². The summed E-state index contributed by atoms with van der Waals surface area (Å²) in [5.74, 6) is -1.39. The molecule has 2 amide bonds. The lowest BCUT2D eigenvalue weighted by molar-refractivity contribution is -0.135. The molecular formula is C21H32FN3O4S. The number of amides is 2. The molecule has 1 saturated heterocycles. The Morgan fingerprint density at radius 1 is 1.27 bits per heavy atom. The zero-order chi connectivity index (χ0) is 22.5. The molecule has 0 aromatic heterocycles. The van der Waals surface area contributed by atoms with Gasteiger partial charge in [-0.25, -0.2) is 17.5 Å². The molecule has 0 aliphatic carbocycles. The van der Waals surface area contributed by atoms with Crippen molar-refractivity contribution in [3.05, 3.63) is 29.6 Å². The highest BCUT2D eigenvalue weighted by Gasteiger charge is 2.31. The van der Waals surface area contributed by atoms with Crippen LogP contribution in [0.1, 0.15) is 56.8 Å². The summed E-state index contributed by atoms with van der Waals surface area (Å²) in [6.45, 7) is 6.80. The van der Waals surface area contributed by atoms with Gasteiger partial charge in [0.25, 0.3) is 5.91 Å². The van der Waals surface area contributed by atoms with Gasteiger partial charge in [-0.05, 0) is 51.3 Å². The number of hydrogen-bond donors (Lipinski definition) is 1. The van der Waals surface area contributed by atoms with Crippen LogP contribution in [0, 0.1) is 11.7 Å². The van der Waals surface area contributed by atoms with Gasteiger partial charge in [0, 0.05) is 38.6 Å². The van der Waals surface area contributed by atoms with E-state index in [1.165, 1.54) is 4.90 Å². The lowest BCUT2D eigenvalue weighted by atomic mass is 9.94. The normalized spacial score (nSPS) is 15.5. The molecule has 1 aliphatic heterocycles. The average Bonchev–Trinajstić information content (AvgIpc) is 2.70. The summed E-state index contributed by atoms with van der Waals surface area (Å²) in [6, 6.07) is 2.90. The average molecular weight is 442 g/mol. The first-order chi connectivity index (χ1) is 14.1. The van der Waals surface area contributed by atoms with Gasteiger partial charge in [0.1, 0.15) is 5.82 Å². The SMILES string of the molecule is CCCCN(C)C(=O)C1CCN(C(=O)c2cc(S(=O)(=O)NC(C)C)ccc2F)CC1. The van der Waals surface area contributed by atoms with Crippen molar-refractivity contribution in [3.63, 3.8) is 0 Å². The molecule has 7 nitrogen and oxygen atoms in total. The number of unbranched alkanes of at least 4 members (excludes halogenated alkanes) is 1. The molecule has 9 heteroatoms. The molecule has 1 aromatic carbocycles. The summed E-state index contributed by atoms with van der Waals surface area (Å²) in [5.41, 5.74) is -0.272. The van der Waals surface area contributed by atoms with Gasteiger partial charge >= 0.3 is 0 Å². The van der Waals surface area contributed by atoms with E-state index in [2.05, 4.69) is 11.6 Å². The third-order valence-electron chi connectivity index (χ3n) is 5.22. The van der Waals surface area contributed by atoms with Gasteiger partial charge in [-0.2, -0.15) is 0 Å².